The Morgan fingerprint density at radius 2 is 1.89 bits per heavy atom. The number of furan rings is 1. The number of nitrogens with zero attached hydrogens (tertiary/aromatic N) is 1. The van der Waals surface area contributed by atoms with E-state index in [1.165, 1.54) is 6.08 Å². The maximum Gasteiger partial charge on any atom is 0.266 e. The normalized spacial score (nSPS) is 11.1. The topological polar surface area (TPSA) is 66.0 Å². The van der Waals surface area contributed by atoms with Crippen LogP contribution in [0.3, 0.4) is 0 Å². The molecule has 7 heteroatoms. The number of carbonyl (C=O) groups excluding carboxylic acids is 1. The monoisotopic (exact) mass is 508 g/mol. The second-order valence-corrected chi connectivity index (χ2v) is 7.41. The Morgan fingerprint density at radius 1 is 1.11 bits per heavy atom. The van der Waals surface area contributed by atoms with Crippen LogP contribution in [0.5, 0.6) is 0 Å². The molecule has 0 spiro atoms. The van der Waals surface area contributed by atoms with Gasteiger partial charge in [-0.05, 0) is 65.1 Å². The molecule has 0 aliphatic carbocycles. The molecule has 27 heavy (non-hydrogen) atoms. The summed E-state index contributed by atoms with van der Waals surface area (Å²) in [5.41, 5.74) is 1.32. The van der Waals surface area contributed by atoms with Crippen molar-refractivity contribution in [2.24, 2.45) is 0 Å². The minimum Gasteiger partial charge on any atom is -0.457 e. The zero-order chi connectivity index (χ0) is 19.4. The molecule has 134 valence electrons. The molecule has 1 N–H and O–H groups in total. The van der Waals surface area contributed by atoms with Crippen molar-refractivity contribution < 1.29 is 9.21 Å². The van der Waals surface area contributed by atoms with Gasteiger partial charge in [0.25, 0.3) is 5.91 Å². The van der Waals surface area contributed by atoms with E-state index in [0.29, 0.717) is 27.3 Å². The number of anilines is 1. The van der Waals surface area contributed by atoms with Crippen LogP contribution in [-0.2, 0) is 4.79 Å². The molecule has 0 unspecified atom stereocenters. The number of benzene rings is 2. The van der Waals surface area contributed by atoms with Crippen molar-refractivity contribution in [2.75, 3.05) is 5.32 Å². The molecule has 4 nitrogen and oxygen atoms in total. The van der Waals surface area contributed by atoms with Crippen LogP contribution in [0.4, 0.5) is 5.69 Å². The van der Waals surface area contributed by atoms with Crippen LogP contribution in [-0.4, -0.2) is 5.91 Å². The molecule has 1 aromatic heterocycles. The van der Waals surface area contributed by atoms with Gasteiger partial charge in [0, 0.05) is 15.2 Å². The van der Waals surface area contributed by atoms with Crippen molar-refractivity contribution in [3.63, 3.8) is 0 Å². The first kappa shape index (κ1) is 19.5. The fraction of sp³-hybridized carbons (Fsp3) is 0. The lowest BCUT2D eigenvalue weighted by molar-refractivity contribution is -0.112. The molecule has 0 bridgehead atoms. The number of carbonyl (C=O) groups is 1. The molecule has 0 aliphatic rings. The van der Waals surface area contributed by atoms with E-state index >= 15 is 0 Å². The summed E-state index contributed by atoms with van der Waals surface area (Å²) >= 11 is 14.1. The quantitative estimate of drug-likeness (QED) is 0.252. The van der Waals surface area contributed by atoms with Crippen LogP contribution >= 0.6 is 45.8 Å². The highest BCUT2D eigenvalue weighted by Gasteiger charge is 2.13. The highest BCUT2D eigenvalue weighted by atomic mass is 127. The van der Waals surface area contributed by atoms with Crippen LogP contribution in [0.1, 0.15) is 5.76 Å². The summed E-state index contributed by atoms with van der Waals surface area (Å²) in [6.45, 7) is 0. The Labute approximate surface area is 179 Å². The second kappa shape index (κ2) is 8.61. The predicted octanol–water partition coefficient (Wildman–Crippen LogP) is 6.40. The number of hydrogen-bond acceptors (Lipinski definition) is 3. The molecule has 0 aliphatic heterocycles. The van der Waals surface area contributed by atoms with E-state index in [1.54, 1.807) is 36.4 Å². The smallest absolute Gasteiger partial charge is 0.266 e. The fourth-order valence-corrected chi connectivity index (χ4v) is 3.10. The lowest BCUT2D eigenvalue weighted by atomic mass is 10.2. The van der Waals surface area contributed by atoms with Gasteiger partial charge in [-0.25, -0.2) is 0 Å². The molecule has 1 heterocycles. The fourth-order valence-electron chi connectivity index (χ4n) is 2.28. The number of rotatable bonds is 4. The summed E-state index contributed by atoms with van der Waals surface area (Å²) < 4.78 is 6.59. The van der Waals surface area contributed by atoms with E-state index in [2.05, 4.69) is 27.9 Å². The average Bonchev–Trinajstić information content (AvgIpc) is 3.12. The van der Waals surface area contributed by atoms with Crippen LogP contribution in [0.25, 0.3) is 17.4 Å². The van der Waals surface area contributed by atoms with Gasteiger partial charge in [-0.2, -0.15) is 5.26 Å². The highest BCUT2D eigenvalue weighted by Crippen LogP contribution is 2.30. The number of amides is 1. The Morgan fingerprint density at radius 3 is 2.59 bits per heavy atom. The highest BCUT2D eigenvalue weighted by molar-refractivity contribution is 14.1. The number of para-hydroxylation sites is 1. The molecule has 2 aromatic carbocycles. The van der Waals surface area contributed by atoms with Crippen LogP contribution in [0.15, 0.2) is 64.6 Å². The van der Waals surface area contributed by atoms with Crippen LogP contribution in [0.2, 0.25) is 10.0 Å². The summed E-state index contributed by atoms with van der Waals surface area (Å²) in [6.07, 6.45) is 1.40. The minimum atomic E-state index is -0.505. The van der Waals surface area contributed by atoms with Gasteiger partial charge >= 0.3 is 0 Å². The molecule has 3 aromatic rings. The second-order valence-electron chi connectivity index (χ2n) is 5.43. The zero-order valence-corrected chi connectivity index (χ0v) is 17.3. The van der Waals surface area contributed by atoms with Crippen LogP contribution < -0.4 is 5.32 Å². The van der Waals surface area contributed by atoms with E-state index in [4.69, 9.17) is 27.6 Å². The third kappa shape index (κ3) is 4.72. The van der Waals surface area contributed by atoms with Crippen molar-refractivity contribution >= 4 is 63.5 Å². The molecule has 0 radical (unpaired) electrons. The van der Waals surface area contributed by atoms with E-state index in [-0.39, 0.29) is 5.57 Å². The average molecular weight is 509 g/mol. The van der Waals surface area contributed by atoms with Crippen molar-refractivity contribution in [3.8, 4) is 17.4 Å². The van der Waals surface area contributed by atoms with E-state index in [9.17, 15) is 10.1 Å². The van der Waals surface area contributed by atoms with Gasteiger partial charge in [-0.3, -0.25) is 4.79 Å². The third-order valence-corrected chi connectivity index (χ3v) is 5.28. The van der Waals surface area contributed by atoms with Gasteiger partial charge in [0.05, 0.1) is 15.7 Å². The maximum atomic E-state index is 12.4. The molecule has 0 saturated carbocycles. The lowest BCUT2D eigenvalue weighted by Gasteiger charge is -2.05. The minimum absolute atomic E-state index is 0.0651. The van der Waals surface area contributed by atoms with Crippen molar-refractivity contribution in [2.45, 2.75) is 0 Å². The first-order valence-corrected chi connectivity index (χ1v) is 9.54. The molecule has 0 saturated heterocycles. The maximum absolute atomic E-state index is 12.4. The zero-order valence-electron chi connectivity index (χ0n) is 13.7. The molecule has 0 fully saturated rings. The molecule has 3 rings (SSSR count). The van der Waals surface area contributed by atoms with Gasteiger partial charge in [-0.15, -0.1) is 0 Å². The van der Waals surface area contributed by atoms with Crippen molar-refractivity contribution in [1.29, 1.82) is 5.26 Å². The Bertz CT molecular complexity index is 1080. The number of halogens is 3. The predicted molar refractivity (Wildman–Crippen MR) is 116 cm³/mol. The lowest BCUT2D eigenvalue weighted by Crippen LogP contribution is -2.14. The number of nitriles is 1. The van der Waals surface area contributed by atoms with Crippen molar-refractivity contribution in [3.05, 3.63) is 79.5 Å². The van der Waals surface area contributed by atoms with Crippen molar-refractivity contribution in [1.82, 2.24) is 0 Å². The van der Waals surface area contributed by atoms with Gasteiger partial charge in [0.2, 0.25) is 0 Å². The summed E-state index contributed by atoms with van der Waals surface area (Å²) in [6, 6.07) is 17.8. The van der Waals surface area contributed by atoms with Gasteiger partial charge in [0.1, 0.15) is 23.2 Å². The van der Waals surface area contributed by atoms with Crippen LogP contribution in [0, 0.1) is 14.9 Å². The largest absolute Gasteiger partial charge is 0.457 e. The van der Waals surface area contributed by atoms with E-state index < -0.39 is 5.91 Å². The molecular weight excluding hydrogens is 498 g/mol. The summed E-state index contributed by atoms with van der Waals surface area (Å²) in [7, 11) is 0. The first-order chi connectivity index (χ1) is 13.0. The standard InChI is InChI=1S/C20H11Cl2IN2O2/c21-15-7-5-12(10-16(15)22)19-8-6-14(27-19)9-13(11-24)20(26)25-18-4-2-1-3-17(18)23/h1-10H,(H,25,26)/b13-9+. The Hall–Kier alpha value is -2.27. The Kier molecular flexibility index (Phi) is 6.22. The van der Waals surface area contributed by atoms with Gasteiger partial charge in [-0.1, -0.05) is 35.3 Å². The molecule has 0 atom stereocenters. The first-order valence-electron chi connectivity index (χ1n) is 7.71. The molecular formula is C20H11Cl2IN2O2. The van der Waals surface area contributed by atoms with E-state index in [0.717, 1.165) is 9.13 Å². The number of nitrogens with one attached hydrogen (secondary N) is 1. The van der Waals surface area contributed by atoms with Gasteiger partial charge < -0.3 is 9.73 Å². The summed E-state index contributed by atoms with van der Waals surface area (Å²) in [5, 5.41) is 12.9. The summed E-state index contributed by atoms with van der Waals surface area (Å²) in [5.74, 6) is 0.426. The Balaban J connectivity index is 1.83. The molecule has 1 amide bonds. The number of hydrogen-bond donors (Lipinski definition) is 1. The van der Waals surface area contributed by atoms with E-state index in [1.807, 2.05) is 24.3 Å². The summed E-state index contributed by atoms with van der Waals surface area (Å²) in [4.78, 5) is 12.4. The third-order valence-electron chi connectivity index (χ3n) is 3.60. The van der Waals surface area contributed by atoms with Gasteiger partial charge in [0.15, 0.2) is 0 Å². The SMILES string of the molecule is N#C/C(=C\c1ccc(-c2ccc(Cl)c(Cl)c2)o1)C(=O)Nc1ccccc1I.